The van der Waals surface area contributed by atoms with Gasteiger partial charge in [0.2, 0.25) is 5.90 Å². The summed E-state index contributed by atoms with van der Waals surface area (Å²) in [6, 6.07) is 11.1. The van der Waals surface area contributed by atoms with Crippen molar-refractivity contribution in [3.8, 4) is 17.2 Å². The van der Waals surface area contributed by atoms with Crippen LogP contribution in [0.3, 0.4) is 0 Å². The number of esters is 1. The van der Waals surface area contributed by atoms with E-state index in [-0.39, 0.29) is 11.6 Å². The topological polar surface area (TPSA) is 66.3 Å². The summed E-state index contributed by atoms with van der Waals surface area (Å²) in [7, 11) is 4.70. The predicted molar refractivity (Wildman–Crippen MR) is 107 cm³/mol. The summed E-state index contributed by atoms with van der Waals surface area (Å²) in [6.07, 6.45) is 1.68. The van der Waals surface area contributed by atoms with Crippen LogP contribution in [-0.2, 0) is 9.53 Å². The van der Waals surface area contributed by atoms with Crippen LogP contribution >= 0.6 is 0 Å². The molecule has 0 radical (unpaired) electrons. The van der Waals surface area contributed by atoms with Crippen LogP contribution < -0.4 is 14.2 Å². The second-order valence-electron chi connectivity index (χ2n) is 6.56. The lowest BCUT2D eigenvalue weighted by Crippen LogP contribution is -2.06. The summed E-state index contributed by atoms with van der Waals surface area (Å²) in [6.45, 7) is 4.21. The number of hydrogen-bond donors (Lipinski definition) is 0. The van der Waals surface area contributed by atoms with E-state index in [4.69, 9.17) is 18.9 Å². The molecule has 0 atom stereocenters. The highest BCUT2D eigenvalue weighted by Gasteiger charge is 2.25. The highest BCUT2D eigenvalue weighted by molar-refractivity contribution is 6.13. The third-order valence-electron chi connectivity index (χ3n) is 4.46. The molecule has 0 aliphatic carbocycles. The van der Waals surface area contributed by atoms with Gasteiger partial charge in [-0.1, -0.05) is 19.9 Å². The third kappa shape index (κ3) is 3.86. The smallest absolute Gasteiger partial charge is 0.363 e. The Kier molecular flexibility index (Phi) is 5.68. The van der Waals surface area contributed by atoms with Gasteiger partial charge in [0.15, 0.2) is 17.2 Å². The maximum atomic E-state index is 12.4. The first kappa shape index (κ1) is 19.5. The van der Waals surface area contributed by atoms with Gasteiger partial charge in [-0.2, -0.15) is 0 Å². The SMILES string of the molecule is COc1ccc(C(C)C)cc1/C=C1\N=C(c2ccc(OC)c(OC)c2)OC1=O. The summed E-state index contributed by atoms with van der Waals surface area (Å²) >= 11 is 0. The zero-order chi connectivity index (χ0) is 20.3. The van der Waals surface area contributed by atoms with Gasteiger partial charge in [-0.3, -0.25) is 0 Å². The molecule has 0 saturated carbocycles. The normalized spacial score (nSPS) is 14.9. The summed E-state index contributed by atoms with van der Waals surface area (Å²) in [4.78, 5) is 16.7. The molecule has 0 amide bonds. The van der Waals surface area contributed by atoms with E-state index in [1.807, 2.05) is 18.2 Å². The molecule has 2 aromatic rings. The van der Waals surface area contributed by atoms with E-state index in [1.54, 1.807) is 45.6 Å². The van der Waals surface area contributed by atoms with Crippen molar-refractivity contribution in [2.45, 2.75) is 19.8 Å². The van der Waals surface area contributed by atoms with Crippen LogP contribution in [0.5, 0.6) is 17.2 Å². The lowest BCUT2D eigenvalue weighted by atomic mass is 10.00. The molecule has 6 heteroatoms. The maximum Gasteiger partial charge on any atom is 0.363 e. The van der Waals surface area contributed by atoms with Gasteiger partial charge < -0.3 is 18.9 Å². The molecule has 2 aromatic carbocycles. The molecule has 0 N–H and O–H groups in total. The molecule has 1 aliphatic rings. The quantitative estimate of drug-likeness (QED) is 0.555. The Labute approximate surface area is 164 Å². The summed E-state index contributed by atoms with van der Waals surface area (Å²) in [5, 5.41) is 0. The van der Waals surface area contributed by atoms with E-state index in [0.29, 0.717) is 28.7 Å². The highest BCUT2D eigenvalue weighted by Crippen LogP contribution is 2.31. The van der Waals surface area contributed by atoms with Crippen molar-refractivity contribution in [2.75, 3.05) is 21.3 Å². The number of hydrogen-bond acceptors (Lipinski definition) is 6. The van der Waals surface area contributed by atoms with Gasteiger partial charge in [-0.15, -0.1) is 0 Å². The predicted octanol–water partition coefficient (Wildman–Crippen LogP) is 4.18. The molecule has 1 heterocycles. The molecule has 0 aromatic heterocycles. The third-order valence-corrected chi connectivity index (χ3v) is 4.46. The molecule has 0 bridgehead atoms. The van der Waals surface area contributed by atoms with Gasteiger partial charge in [0.1, 0.15) is 5.75 Å². The second-order valence-corrected chi connectivity index (χ2v) is 6.56. The zero-order valence-electron chi connectivity index (χ0n) is 16.6. The minimum Gasteiger partial charge on any atom is -0.496 e. The van der Waals surface area contributed by atoms with E-state index < -0.39 is 5.97 Å². The van der Waals surface area contributed by atoms with Crippen molar-refractivity contribution in [2.24, 2.45) is 4.99 Å². The van der Waals surface area contributed by atoms with E-state index in [0.717, 1.165) is 11.1 Å². The number of carbonyl (C=O) groups is 1. The van der Waals surface area contributed by atoms with Gasteiger partial charge in [0.25, 0.3) is 0 Å². The van der Waals surface area contributed by atoms with Crippen molar-refractivity contribution in [3.63, 3.8) is 0 Å². The Bertz CT molecular complexity index is 959. The lowest BCUT2D eigenvalue weighted by molar-refractivity contribution is -0.129. The Morgan fingerprint density at radius 1 is 0.929 bits per heavy atom. The van der Waals surface area contributed by atoms with Gasteiger partial charge in [-0.05, 0) is 47.9 Å². The standard InChI is InChI=1S/C22H23NO5/c1-13(2)14-6-8-18(25-3)16(10-14)11-17-22(24)28-21(23-17)15-7-9-19(26-4)20(12-15)27-5/h6-13H,1-5H3/b17-11-. The van der Waals surface area contributed by atoms with E-state index in [9.17, 15) is 4.79 Å². The average Bonchev–Trinajstić information content (AvgIpc) is 3.07. The maximum absolute atomic E-state index is 12.4. The Balaban J connectivity index is 1.99. The number of carbonyl (C=O) groups excluding carboxylic acids is 1. The number of cyclic esters (lactones) is 1. The summed E-state index contributed by atoms with van der Waals surface area (Å²) in [5.41, 5.74) is 2.75. The fourth-order valence-corrected chi connectivity index (χ4v) is 2.87. The fourth-order valence-electron chi connectivity index (χ4n) is 2.87. The Morgan fingerprint density at radius 3 is 2.25 bits per heavy atom. The average molecular weight is 381 g/mol. The van der Waals surface area contributed by atoms with Crippen LogP contribution in [0.4, 0.5) is 0 Å². The van der Waals surface area contributed by atoms with E-state index >= 15 is 0 Å². The van der Waals surface area contributed by atoms with Gasteiger partial charge >= 0.3 is 5.97 Å². The molecule has 146 valence electrons. The van der Waals surface area contributed by atoms with Gasteiger partial charge in [0.05, 0.1) is 21.3 Å². The first-order valence-corrected chi connectivity index (χ1v) is 8.89. The minimum atomic E-state index is -0.512. The second kappa shape index (κ2) is 8.17. The number of nitrogens with zero attached hydrogens (tertiary/aromatic N) is 1. The largest absolute Gasteiger partial charge is 0.496 e. The molecule has 6 nitrogen and oxygen atoms in total. The lowest BCUT2D eigenvalue weighted by Gasteiger charge is -2.10. The van der Waals surface area contributed by atoms with Gasteiger partial charge in [-0.25, -0.2) is 9.79 Å². The summed E-state index contributed by atoms with van der Waals surface area (Å²) in [5.74, 6) is 1.84. The van der Waals surface area contributed by atoms with Crippen molar-refractivity contribution in [1.29, 1.82) is 0 Å². The molecular weight excluding hydrogens is 358 g/mol. The Hall–Kier alpha value is -3.28. The molecule has 0 spiro atoms. The molecule has 28 heavy (non-hydrogen) atoms. The van der Waals surface area contributed by atoms with Crippen molar-refractivity contribution < 1.29 is 23.7 Å². The van der Waals surface area contributed by atoms with Crippen molar-refractivity contribution in [1.82, 2.24) is 0 Å². The monoisotopic (exact) mass is 381 g/mol. The molecule has 1 aliphatic heterocycles. The molecule has 0 unspecified atom stereocenters. The Morgan fingerprint density at radius 2 is 1.61 bits per heavy atom. The number of methoxy groups -OCH3 is 3. The van der Waals surface area contributed by atoms with Crippen LogP contribution in [0.2, 0.25) is 0 Å². The minimum absolute atomic E-state index is 0.212. The molecule has 0 fully saturated rings. The molecule has 3 rings (SSSR count). The van der Waals surface area contributed by atoms with Gasteiger partial charge in [0, 0.05) is 11.1 Å². The van der Waals surface area contributed by atoms with Crippen LogP contribution in [0.15, 0.2) is 47.1 Å². The first-order chi connectivity index (χ1) is 13.5. The van der Waals surface area contributed by atoms with Crippen molar-refractivity contribution in [3.05, 3.63) is 58.8 Å². The van der Waals surface area contributed by atoms with Crippen molar-refractivity contribution >= 4 is 17.9 Å². The number of benzene rings is 2. The van der Waals surface area contributed by atoms with E-state index in [1.165, 1.54) is 0 Å². The van der Waals surface area contributed by atoms with Crippen LogP contribution in [0.1, 0.15) is 36.5 Å². The zero-order valence-corrected chi connectivity index (χ0v) is 16.6. The first-order valence-electron chi connectivity index (χ1n) is 8.89. The number of aliphatic imine (C=N–C) groups is 1. The highest BCUT2D eigenvalue weighted by atomic mass is 16.6. The van der Waals surface area contributed by atoms with Crippen LogP contribution in [-0.4, -0.2) is 33.2 Å². The summed E-state index contributed by atoms with van der Waals surface area (Å²) < 4.78 is 21.3. The fraction of sp³-hybridized carbons (Fsp3) is 0.273. The number of rotatable bonds is 6. The van der Waals surface area contributed by atoms with Crippen LogP contribution in [0, 0.1) is 0 Å². The molecular formula is C22H23NO5. The number of ether oxygens (including phenoxy) is 4. The molecule has 0 saturated heterocycles. The van der Waals surface area contributed by atoms with Crippen LogP contribution in [0.25, 0.3) is 6.08 Å². The van der Waals surface area contributed by atoms with E-state index in [2.05, 4.69) is 18.8 Å².